The van der Waals surface area contributed by atoms with Crippen LogP contribution in [0.2, 0.25) is 0 Å². The Kier molecular flexibility index (Phi) is 5.55. The van der Waals surface area contributed by atoms with Crippen LogP contribution in [0.25, 0.3) is 21.9 Å². The molecule has 6 nitrogen and oxygen atoms in total. The topological polar surface area (TPSA) is 79.8 Å². The van der Waals surface area contributed by atoms with Gasteiger partial charge in [-0.15, -0.1) is 0 Å². The van der Waals surface area contributed by atoms with Crippen LogP contribution in [-0.2, 0) is 13.1 Å². The predicted octanol–water partition coefficient (Wildman–Crippen LogP) is 4.37. The number of hydrogen-bond acceptors (Lipinski definition) is 3. The van der Waals surface area contributed by atoms with Crippen molar-refractivity contribution in [3.8, 4) is 11.1 Å². The molecule has 1 amide bonds. The Bertz CT molecular complexity index is 1470. The molecule has 0 unspecified atom stereocenters. The summed E-state index contributed by atoms with van der Waals surface area (Å²) >= 11 is 0. The van der Waals surface area contributed by atoms with Crippen molar-refractivity contribution < 1.29 is 4.79 Å². The lowest BCUT2D eigenvalue weighted by Crippen LogP contribution is -2.26. The van der Waals surface area contributed by atoms with Gasteiger partial charge in [0.05, 0.1) is 6.54 Å². The predicted molar refractivity (Wildman–Crippen MR) is 129 cm³/mol. The minimum absolute atomic E-state index is 0.249. The number of carbonyl (C=O) groups is 1. The van der Waals surface area contributed by atoms with E-state index in [9.17, 15) is 9.59 Å². The Morgan fingerprint density at radius 3 is 2.55 bits per heavy atom. The molecule has 2 N–H and O–H groups in total. The zero-order valence-electron chi connectivity index (χ0n) is 17.9. The second kappa shape index (κ2) is 8.96. The molecule has 5 rings (SSSR count). The van der Waals surface area contributed by atoms with Crippen molar-refractivity contribution >= 4 is 16.7 Å². The number of amides is 1. The number of fused-ring (bicyclic) bond motifs is 1. The van der Waals surface area contributed by atoms with Gasteiger partial charge in [-0.05, 0) is 45.8 Å². The normalized spacial score (nSPS) is 10.9. The van der Waals surface area contributed by atoms with Gasteiger partial charge < -0.3 is 10.3 Å². The van der Waals surface area contributed by atoms with Gasteiger partial charge in [-0.25, -0.2) is 0 Å². The van der Waals surface area contributed by atoms with Gasteiger partial charge in [0, 0.05) is 24.3 Å². The molecule has 0 fully saturated rings. The third-order valence-electron chi connectivity index (χ3n) is 5.62. The van der Waals surface area contributed by atoms with Crippen molar-refractivity contribution in [3.63, 3.8) is 0 Å². The van der Waals surface area contributed by atoms with Gasteiger partial charge in [-0.2, -0.15) is 5.10 Å². The van der Waals surface area contributed by atoms with Crippen LogP contribution in [0.3, 0.4) is 0 Å². The van der Waals surface area contributed by atoms with E-state index in [0.717, 1.165) is 34.2 Å². The number of pyridine rings is 1. The van der Waals surface area contributed by atoms with Crippen molar-refractivity contribution in [1.29, 1.82) is 0 Å². The number of hydrogen-bond donors (Lipinski definition) is 2. The van der Waals surface area contributed by atoms with Gasteiger partial charge in [-0.1, -0.05) is 66.7 Å². The second-order valence-corrected chi connectivity index (χ2v) is 7.84. The molecular formula is C27H22N4O2. The average molecular weight is 434 g/mol. The lowest BCUT2D eigenvalue weighted by molar-refractivity contribution is 0.0946. The standard InChI is InChI=1S/C27H22N4O2/c32-26-24-9-4-1-6-21(24)16-25(30-26)27(33)28-17-22-7-2-3-8-23(22)20-12-10-19(11-13-20)18-31-15-5-14-29-31/h1-16H,17-18H2,(H,28,33)(H,30,32). The van der Waals surface area contributed by atoms with Crippen LogP contribution >= 0.6 is 0 Å². The average Bonchev–Trinajstić information content (AvgIpc) is 3.36. The largest absolute Gasteiger partial charge is 0.347 e. The number of rotatable bonds is 6. The van der Waals surface area contributed by atoms with Gasteiger partial charge in [0.1, 0.15) is 5.69 Å². The van der Waals surface area contributed by atoms with Gasteiger partial charge >= 0.3 is 0 Å². The maximum atomic E-state index is 12.8. The van der Waals surface area contributed by atoms with Gasteiger partial charge in [-0.3, -0.25) is 14.3 Å². The van der Waals surface area contributed by atoms with Crippen LogP contribution in [0, 0.1) is 0 Å². The van der Waals surface area contributed by atoms with E-state index < -0.39 is 0 Å². The summed E-state index contributed by atoms with van der Waals surface area (Å²) < 4.78 is 1.88. The molecule has 0 atom stereocenters. The summed E-state index contributed by atoms with van der Waals surface area (Å²) in [6.07, 6.45) is 3.71. The summed E-state index contributed by atoms with van der Waals surface area (Å²) in [6, 6.07) is 27.2. The zero-order chi connectivity index (χ0) is 22.6. The van der Waals surface area contributed by atoms with Crippen LogP contribution in [0.4, 0.5) is 0 Å². The summed E-state index contributed by atoms with van der Waals surface area (Å²) in [5.74, 6) is -0.317. The van der Waals surface area contributed by atoms with Crippen molar-refractivity contribution in [1.82, 2.24) is 20.1 Å². The smallest absolute Gasteiger partial charge is 0.268 e. The minimum Gasteiger partial charge on any atom is -0.347 e. The van der Waals surface area contributed by atoms with Gasteiger partial charge in [0.15, 0.2) is 0 Å². The molecule has 162 valence electrons. The first-order valence-corrected chi connectivity index (χ1v) is 10.7. The second-order valence-electron chi connectivity index (χ2n) is 7.84. The van der Waals surface area contributed by atoms with Gasteiger partial charge in [0.2, 0.25) is 0 Å². The summed E-state index contributed by atoms with van der Waals surface area (Å²) in [7, 11) is 0. The van der Waals surface area contributed by atoms with E-state index in [0.29, 0.717) is 11.9 Å². The lowest BCUT2D eigenvalue weighted by atomic mass is 9.98. The van der Waals surface area contributed by atoms with E-state index >= 15 is 0 Å². The third-order valence-corrected chi connectivity index (χ3v) is 5.62. The number of aromatic nitrogens is 3. The van der Waals surface area contributed by atoms with Crippen LogP contribution in [0.5, 0.6) is 0 Å². The molecule has 0 bridgehead atoms. The fraction of sp³-hybridized carbons (Fsp3) is 0.0741. The fourth-order valence-electron chi connectivity index (χ4n) is 3.93. The Hall–Kier alpha value is -4.45. The minimum atomic E-state index is -0.317. The molecule has 0 radical (unpaired) electrons. The molecule has 33 heavy (non-hydrogen) atoms. The lowest BCUT2D eigenvalue weighted by Gasteiger charge is -2.12. The molecule has 5 aromatic rings. The molecule has 0 aliphatic heterocycles. The highest BCUT2D eigenvalue weighted by atomic mass is 16.2. The number of nitrogens with one attached hydrogen (secondary N) is 2. The maximum Gasteiger partial charge on any atom is 0.268 e. The molecule has 0 aliphatic carbocycles. The first kappa shape index (κ1) is 20.5. The number of nitrogens with zero attached hydrogens (tertiary/aromatic N) is 2. The first-order valence-electron chi connectivity index (χ1n) is 10.7. The molecule has 2 aromatic heterocycles. The first-order chi connectivity index (χ1) is 16.2. The monoisotopic (exact) mass is 434 g/mol. The molecule has 0 saturated heterocycles. The van der Waals surface area contributed by atoms with E-state index in [4.69, 9.17) is 0 Å². The SMILES string of the molecule is O=C(NCc1ccccc1-c1ccc(Cn2cccn2)cc1)c1cc2ccccc2c(=O)[nH]1. The molecule has 0 aliphatic rings. The Balaban J connectivity index is 1.33. The van der Waals surface area contributed by atoms with E-state index in [-0.39, 0.29) is 17.2 Å². The van der Waals surface area contributed by atoms with Crippen LogP contribution in [0.15, 0.2) is 102 Å². The summed E-state index contributed by atoms with van der Waals surface area (Å²) in [4.78, 5) is 27.8. The van der Waals surface area contributed by atoms with E-state index in [1.165, 1.54) is 0 Å². The summed E-state index contributed by atoms with van der Waals surface area (Å²) in [6.45, 7) is 1.06. The molecular weight excluding hydrogens is 412 g/mol. The van der Waals surface area contributed by atoms with E-state index in [1.807, 2.05) is 53.3 Å². The number of carbonyl (C=O) groups excluding carboxylic acids is 1. The molecule has 2 heterocycles. The van der Waals surface area contributed by atoms with Crippen LogP contribution in [0.1, 0.15) is 21.6 Å². The van der Waals surface area contributed by atoms with Crippen LogP contribution in [-0.4, -0.2) is 20.7 Å². The third kappa shape index (κ3) is 4.45. The Morgan fingerprint density at radius 2 is 1.73 bits per heavy atom. The highest BCUT2D eigenvalue weighted by Gasteiger charge is 2.11. The highest BCUT2D eigenvalue weighted by Crippen LogP contribution is 2.24. The zero-order valence-corrected chi connectivity index (χ0v) is 17.9. The van der Waals surface area contributed by atoms with Crippen molar-refractivity contribution in [2.75, 3.05) is 0 Å². The number of aromatic amines is 1. The van der Waals surface area contributed by atoms with E-state index in [2.05, 4.69) is 39.7 Å². The van der Waals surface area contributed by atoms with Gasteiger partial charge in [0.25, 0.3) is 11.5 Å². The van der Waals surface area contributed by atoms with Crippen molar-refractivity contribution in [2.24, 2.45) is 0 Å². The fourth-order valence-corrected chi connectivity index (χ4v) is 3.93. The quantitative estimate of drug-likeness (QED) is 0.417. The number of H-pyrrole nitrogens is 1. The molecule has 0 saturated carbocycles. The Labute approximate surface area is 190 Å². The maximum absolute atomic E-state index is 12.8. The van der Waals surface area contributed by atoms with Crippen LogP contribution < -0.4 is 10.9 Å². The van der Waals surface area contributed by atoms with E-state index in [1.54, 1.807) is 24.4 Å². The van der Waals surface area contributed by atoms with Crippen molar-refractivity contribution in [3.05, 3.63) is 124 Å². The Morgan fingerprint density at radius 1 is 0.939 bits per heavy atom. The molecule has 3 aromatic carbocycles. The number of benzene rings is 3. The summed E-state index contributed by atoms with van der Waals surface area (Å²) in [5, 5.41) is 8.49. The molecule has 0 spiro atoms. The van der Waals surface area contributed by atoms with Crippen molar-refractivity contribution in [2.45, 2.75) is 13.1 Å². The highest BCUT2D eigenvalue weighted by molar-refractivity contribution is 5.96. The molecule has 6 heteroatoms. The summed E-state index contributed by atoms with van der Waals surface area (Å²) in [5.41, 5.74) is 4.26.